The van der Waals surface area contributed by atoms with E-state index in [1.54, 1.807) is 10.9 Å². The van der Waals surface area contributed by atoms with E-state index in [2.05, 4.69) is 26.3 Å². The summed E-state index contributed by atoms with van der Waals surface area (Å²) in [5.41, 5.74) is -0.199. The molecule has 0 aliphatic heterocycles. The SMILES string of the molecule is CC(C)n1cc(Nc2cc(Br)ccc2C(F)(F)F)cn1. The van der Waals surface area contributed by atoms with Gasteiger partial charge in [0.1, 0.15) is 0 Å². The van der Waals surface area contributed by atoms with Crippen molar-refractivity contribution in [2.75, 3.05) is 5.32 Å². The van der Waals surface area contributed by atoms with Crippen LogP contribution in [0.4, 0.5) is 24.5 Å². The summed E-state index contributed by atoms with van der Waals surface area (Å²) < 4.78 is 41.1. The summed E-state index contributed by atoms with van der Waals surface area (Å²) >= 11 is 3.18. The molecular weight excluding hydrogens is 335 g/mol. The first-order valence-corrected chi connectivity index (χ1v) is 6.74. The molecule has 0 aliphatic rings. The minimum absolute atomic E-state index is 0.00446. The first-order chi connectivity index (χ1) is 9.27. The number of nitrogens with zero attached hydrogens (tertiary/aromatic N) is 2. The zero-order valence-electron chi connectivity index (χ0n) is 10.9. The van der Waals surface area contributed by atoms with Gasteiger partial charge in [-0.1, -0.05) is 15.9 Å². The molecule has 1 aromatic heterocycles. The number of anilines is 2. The lowest BCUT2D eigenvalue weighted by Crippen LogP contribution is -2.08. The molecule has 7 heteroatoms. The fourth-order valence-corrected chi connectivity index (χ4v) is 2.07. The number of hydrogen-bond donors (Lipinski definition) is 1. The van der Waals surface area contributed by atoms with Crippen LogP contribution >= 0.6 is 15.9 Å². The molecule has 20 heavy (non-hydrogen) atoms. The van der Waals surface area contributed by atoms with Gasteiger partial charge in [0, 0.05) is 16.7 Å². The Balaban J connectivity index is 2.34. The molecule has 0 fully saturated rings. The quantitative estimate of drug-likeness (QED) is 0.847. The van der Waals surface area contributed by atoms with E-state index in [-0.39, 0.29) is 11.7 Å². The van der Waals surface area contributed by atoms with Crippen molar-refractivity contribution in [1.82, 2.24) is 9.78 Å². The number of aromatic nitrogens is 2. The van der Waals surface area contributed by atoms with Gasteiger partial charge in [-0.05, 0) is 32.0 Å². The summed E-state index contributed by atoms with van der Waals surface area (Å²) in [7, 11) is 0. The van der Waals surface area contributed by atoms with E-state index in [4.69, 9.17) is 0 Å². The third-order valence-electron chi connectivity index (χ3n) is 2.70. The van der Waals surface area contributed by atoms with Crippen molar-refractivity contribution >= 4 is 27.3 Å². The lowest BCUT2D eigenvalue weighted by Gasteiger charge is -2.14. The van der Waals surface area contributed by atoms with E-state index in [0.717, 1.165) is 6.07 Å². The number of rotatable bonds is 3. The Morgan fingerprint density at radius 1 is 1.30 bits per heavy atom. The first kappa shape index (κ1) is 14.9. The smallest absolute Gasteiger partial charge is 0.352 e. The maximum Gasteiger partial charge on any atom is 0.418 e. The molecule has 0 saturated carbocycles. The molecule has 2 rings (SSSR count). The summed E-state index contributed by atoms with van der Waals surface area (Å²) in [4.78, 5) is 0. The third kappa shape index (κ3) is 3.33. The van der Waals surface area contributed by atoms with Gasteiger partial charge in [0.05, 0.1) is 23.1 Å². The van der Waals surface area contributed by atoms with Crippen LogP contribution in [0.2, 0.25) is 0 Å². The molecule has 0 amide bonds. The Bertz CT molecular complexity index is 605. The summed E-state index contributed by atoms with van der Waals surface area (Å²) in [5.74, 6) is 0. The first-order valence-electron chi connectivity index (χ1n) is 5.95. The predicted octanol–water partition coefficient (Wildman–Crippen LogP) is 4.99. The van der Waals surface area contributed by atoms with Crippen molar-refractivity contribution in [2.45, 2.75) is 26.1 Å². The van der Waals surface area contributed by atoms with Crippen LogP contribution in [0.5, 0.6) is 0 Å². The Labute approximate surface area is 122 Å². The topological polar surface area (TPSA) is 29.9 Å². The van der Waals surface area contributed by atoms with Gasteiger partial charge in [-0.15, -0.1) is 0 Å². The van der Waals surface area contributed by atoms with Crippen LogP contribution < -0.4 is 5.32 Å². The van der Waals surface area contributed by atoms with Crippen LogP contribution in [-0.2, 0) is 6.18 Å². The summed E-state index contributed by atoms with van der Waals surface area (Å²) in [6.07, 6.45) is -1.23. The minimum Gasteiger partial charge on any atom is -0.352 e. The standard InChI is InChI=1S/C13H13BrF3N3/c1-8(2)20-7-10(6-18-20)19-12-5-9(14)3-4-11(12)13(15,16)17/h3-8,19H,1-2H3. The van der Waals surface area contributed by atoms with Gasteiger partial charge < -0.3 is 5.32 Å². The molecule has 2 aromatic rings. The van der Waals surface area contributed by atoms with Crippen LogP contribution in [0.15, 0.2) is 35.1 Å². The number of benzene rings is 1. The molecule has 108 valence electrons. The molecule has 1 aromatic carbocycles. The summed E-state index contributed by atoms with van der Waals surface area (Å²) in [5, 5.41) is 6.85. The molecule has 0 spiro atoms. The Morgan fingerprint density at radius 2 is 2.00 bits per heavy atom. The Kier molecular flexibility index (Phi) is 4.08. The maximum absolute atomic E-state index is 12.9. The van der Waals surface area contributed by atoms with Crippen molar-refractivity contribution < 1.29 is 13.2 Å². The van der Waals surface area contributed by atoms with Crippen LogP contribution in [0.1, 0.15) is 25.5 Å². The van der Waals surface area contributed by atoms with Gasteiger partial charge in [0.15, 0.2) is 0 Å². The monoisotopic (exact) mass is 347 g/mol. The second-order valence-electron chi connectivity index (χ2n) is 4.62. The van der Waals surface area contributed by atoms with E-state index in [1.165, 1.54) is 18.3 Å². The highest BCUT2D eigenvalue weighted by molar-refractivity contribution is 9.10. The molecule has 1 heterocycles. The van der Waals surface area contributed by atoms with Crippen molar-refractivity contribution in [1.29, 1.82) is 0 Å². The van der Waals surface area contributed by atoms with Crippen LogP contribution in [-0.4, -0.2) is 9.78 Å². The normalized spacial score (nSPS) is 11.9. The highest BCUT2D eigenvalue weighted by atomic mass is 79.9. The lowest BCUT2D eigenvalue weighted by atomic mass is 10.1. The summed E-state index contributed by atoms with van der Waals surface area (Å²) in [6, 6.07) is 3.95. The van der Waals surface area contributed by atoms with E-state index >= 15 is 0 Å². The van der Waals surface area contributed by atoms with Gasteiger partial charge in [0.2, 0.25) is 0 Å². The highest BCUT2D eigenvalue weighted by Gasteiger charge is 2.33. The average Bonchev–Trinajstić information content (AvgIpc) is 2.76. The average molecular weight is 348 g/mol. The fourth-order valence-electron chi connectivity index (χ4n) is 1.71. The van der Waals surface area contributed by atoms with Crippen molar-refractivity contribution in [2.24, 2.45) is 0 Å². The molecule has 0 aliphatic carbocycles. The molecular formula is C13H13BrF3N3. The van der Waals surface area contributed by atoms with Crippen LogP contribution in [0.3, 0.4) is 0 Å². The van der Waals surface area contributed by atoms with Gasteiger partial charge in [-0.3, -0.25) is 4.68 Å². The summed E-state index contributed by atoms with van der Waals surface area (Å²) in [6.45, 7) is 3.88. The van der Waals surface area contributed by atoms with Gasteiger partial charge in [-0.2, -0.15) is 18.3 Å². The molecule has 0 saturated heterocycles. The lowest BCUT2D eigenvalue weighted by molar-refractivity contribution is -0.136. The van der Waals surface area contributed by atoms with Crippen LogP contribution in [0.25, 0.3) is 0 Å². The molecule has 1 N–H and O–H groups in total. The Morgan fingerprint density at radius 3 is 2.55 bits per heavy atom. The minimum atomic E-state index is -4.41. The predicted molar refractivity (Wildman–Crippen MR) is 75.0 cm³/mol. The van der Waals surface area contributed by atoms with Crippen molar-refractivity contribution in [3.63, 3.8) is 0 Å². The van der Waals surface area contributed by atoms with E-state index in [1.807, 2.05) is 13.8 Å². The second kappa shape index (κ2) is 5.47. The number of alkyl halides is 3. The van der Waals surface area contributed by atoms with Gasteiger partial charge >= 0.3 is 6.18 Å². The number of hydrogen-bond acceptors (Lipinski definition) is 2. The molecule has 0 unspecified atom stereocenters. The number of nitrogens with one attached hydrogen (secondary N) is 1. The second-order valence-corrected chi connectivity index (χ2v) is 5.53. The third-order valence-corrected chi connectivity index (χ3v) is 3.19. The zero-order chi connectivity index (χ0) is 14.9. The van der Waals surface area contributed by atoms with Gasteiger partial charge in [-0.25, -0.2) is 0 Å². The molecule has 0 bridgehead atoms. The molecule has 0 radical (unpaired) electrons. The zero-order valence-corrected chi connectivity index (χ0v) is 12.5. The Hall–Kier alpha value is -1.50. The van der Waals surface area contributed by atoms with Gasteiger partial charge in [0.25, 0.3) is 0 Å². The van der Waals surface area contributed by atoms with E-state index in [9.17, 15) is 13.2 Å². The van der Waals surface area contributed by atoms with E-state index in [0.29, 0.717) is 10.2 Å². The molecule has 0 atom stereocenters. The largest absolute Gasteiger partial charge is 0.418 e. The number of halogens is 4. The van der Waals surface area contributed by atoms with Crippen LogP contribution in [0, 0.1) is 0 Å². The fraction of sp³-hybridized carbons (Fsp3) is 0.308. The van der Waals surface area contributed by atoms with Crippen molar-refractivity contribution in [3.05, 3.63) is 40.6 Å². The maximum atomic E-state index is 12.9. The van der Waals surface area contributed by atoms with E-state index < -0.39 is 11.7 Å². The van der Waals surface area contributed by atoms with Crippen molar-refractivity contribution in [3.8, 4) is 0 Å². The highest BCUT2D eigenvalue weighted by Crippen LogP contribution is 2.37. The molecule has 3 nitrogen and oxygen atoms in total.